The second kappa shape index (κ2) is 6.73. The van der Waals surface area contributed by atoms with Gasteiger partial charge in [-0.05, 0) is 43.5 Å². The van der Waals surface area contributed by atoms with Crippen LogP contribution >= 0.6 is 0 Å². The van der Waals surface area contributed by atoms with Crippen LogP contribution in [0.4, 0.5) is 16.3 Å². The Bertz CT molecular complexity index is 675. The number of aromatic nitrogens is 2. The number of nitrogens with one attached hydrogen (secondary N) is 2. The fourth-order valence-electron chi connectivity index (χ4n) is 2.89. The summed E-state index contributed by atoms with van der Waals surface area (Å²) in [4.78, 5) is 18.9. The number of nitrogens with zero attached hydrogens (tertiary/aromatic N) is 3. The Morgan fingerprint density at radius 1 is 1.30 bits per heavy atom. The maximum absolute atomic E-state index is 12.3. The molecule has 2 aromatic heterocycles. The fraction of sp³-hybridized carbons (Fsp3) is 0.412. The minimum absolute atomic E-state index is 0.0527. The predicted octanol–water partition coefficient (Wildman–Crippen LogP) is 2.90. The third-order valence-corrected chi connectivity index (χ3v) is 4.14. The first-order chi connectivity index (χ1) is 11.1. The minimum atomic E-state index is -0.213. The van der Waals surface area contributed by atoms with E-state index in [2.05, 4.69) is 20.5 Å². The van der Waals surface area contributed by atoms with Gasteiger partial charge in [0.25, 0.3) is 0 Å². The molecule has 0 unspecified atom stereocenters. The van der Waals surface area contributed by atoms with Gasteiger partial charge in [-0.25, -0.2) is 9.78 Å². The van der Waals surface area contributed by atoms with E-state index in [4.69, 9.17) is 0 Å². The first-order valence-corrected chi connectivity index (χ1v) is 8.03. The van der Waals surface area contributed by atoms with Gasteiger partial charge in [0.2, 0.25) is 0 Å². The summed E-state index contributed by atoms with van der Waals surface area (Å²) >= 11 is 0. The van der Waals surface area contributed by atoms with Gasteiger partial charge in [0, 0.05) is 38.7 Å². The number of anilines is 2. The van der Waals surface area contributed by atoms with Crippen molar-refractivity contribution in [3.63, 3.8) is 0 Å². The maximum atomic E-state index is 12.3. The van der Waals surface area contributed by atoms with Crippen molar-refractivity contribution in [3.8, 4) is 0 Å². The molecule has 0 saturated carbocycles. The number of rotatable bonds is 4. The van der Waals surface area contributed by atoms with E-state index in [9.17, 15) is 4.79 Å². The highest BCUT2D eigenvalue weighted by molar-refractivity contribution is 5.92. The molecule has 1 atom stereocenters. The van der Waals surface area contributed by atoms with Crippen LogP contribution in [0.1, 0.15) is 31.4 Å². The average molecular weight is 313 g/mol. The zero-order valence-corrected chi connectivity index (χ0v) is 13.6. The van der Waals surface area contributed by atoms with Crippen LogP contribution in [-0.2, 0) is 7.05 Å². The van der Waals surface area contributed by atoms with E-state index in [1.54, 1.807) is 6.20 Å². The Labute approximate surface area is 136 Å². The molecule has 2 amide bonds. The Morgan fingerprint density at radius 2 is 2.09 bits per heavy atom. The quantitative estimate of drug-likeness (QED) is 0.912. The third-order valence-electron chi connectivity index (χ3n) is 4.14. The molecule has 1 aliphatic heterocycles. The highest BCUT2D eigenvalue weighted by Gasteiger charge is 2.18. The number of hydrogen-bond acceptors (Lipinski definition) is 3. The maximum Gasteiger partial charge on any atom is 0.319 e. The van der Waals surface area contributed by atoms with Crippen molar-refractivity contribution >= 4 is 17.5 Å². The summed E-state index contributed by atoms with van der Waals surface area (Å²) in [5, 5.41) is 5.90. The summed E-state index contributed by atoms with van der Waals surface area (Å²) in [7, 11) is 1.97. The normalized spacial score (nSPS) is 15.5. The van der Waals surface area contributed by atoms with E-state index in [-0.39, 0.29) is 12.1 Å². The van der Waals surface area contributed by atoms with Gasteiger partial charge in [-0.1, -0.05) is 0 Å². The molecule has 0 aromatic carbocycles. The molecule has 0 aliphatic carbocycles. The van der Waals surface area contributed by atoms with Gasteiger partial charge in [0.05, 0.1) is 11.7 Å². The van der Waals surface area contributed by atoms with Crippen LogP contribution in [0.3, 0.4) is 0 Å². The summed E-state index contributed by atoms with van der Waals surface area (Å²) in [6.07, 6.45) is 8.09. The van der Waals surface area contributed by atoms with E-state index in [1.807, 2.05) is 49.1 Å². The lowest BCUT2D eigenvalue weighted by atomic mass is 10.2. The molecule has 3 heterocycles. The molecule has 0 radical (unpaired) electrons. The number of urea groups is 1. The molecule has 122 valence electrons. The van der Waals surface area contributed by atoms with Crippen LogP contribution in [0, 0.1) is 0 Å². The largest absolute Gasteiger partial charge is 0.357 e. The first-order valence-electron chi connectivity index (χ1n) is 8.03. The van der Waals surface area contributed by atoms with Gasteiger partial charge in [-0.2, -0.15) is 0 Å². The van der Waals surface area contributed by atoms with E-state index in [1.165, 1.54) is 12.8 Å². The second-order valence-electron chi connectivity index (χ2n) is 6.00. The van der Waals surface area contributed by atoms with Crippen LogP contribution in [0.5, 0.6) is 0 Å². The zero-order chi connectivity index (χ0) is 16.2. The van der Waals surface area contributed by atoms with Crippen molar-refractivity contribution in [2.45, 2.75) is 25.8 Å². The van der Waals surface area contributed by atoms with Crippen molar-refractivity contribution < 1.29 is 4.79 Å². The predicted molar refractivity (Wildman–Crippen MR) is 91.7 cm³/mol. The summed E-state index contributed by atoms with van der Waals surface area (Å²) in [5.74, 6) is 0.854. The van der Waals surface area contributed by atoms with Gasteiger partial charge < -0.3 is 20.1 Å². The van der Waals surface area contributed by atoms with Gasteiger partial charge >= 0.3 is 6.03 Å². The van der Waals surface area contributed by atoms with Gasteiger partial charge in [0.15, 0.2) is 5.82 Å². The molecule has 1 saturated heterocycles. The lowest BCUT2D eigenvalue weighted by Gasteiger charge is -2.20. The van der Waals surface area contributed by atoms with Crippen LogP contribution in [0.25, 0.3) is 0 Å². The third kappa shape index (κ3) is 3.64. The van der Waals surface area contributed by atoms with E-state index in [0.29, 0.717) is 0 Å². The topological polar surface area (TPSA) is 62.2 Å². The molecule has 2 N–H and O–H groups in total. The number of aryl methyl sites for hydroxylation is 1. The molecular weight excluding hydrogens is 290 g/mol. The zero-order valence-electron chi connectivity index (χ0n) is 13.6. The van der Waals surface area contributed by atoms with Gasteiger partial charge in [-0.15, -0.1) is 0 Å². The Kier molecular flexibility index (Phi) is 4.50. The molecule has 0 bridgehead atoms. The van der Waals surface area contributed by atoms with Crippen molar-refractivity contribution in [1.82, 2.24) is 14.9 Å². The van der Waals surface area contributed by atoms with E-state index in [0.717, 1.165) is 30.2 Å². The monoisotopic (exact) mass is 313 g/mol. The number of hydrogen-bond donors (Lipinski definition) is 2. The minimum Gasteiger partial charge on any atom is -0.357 e. The number of pyridine rings is 1. The van der Waals surface area contributed by atoms with Crippen LogP contribution in [-0.4, -0.2) is 28.7 Å². The van der Waals surface area contributed by atoms with Crippen molar-refractivity contribution in [2.24, 2.45) is 7.05 Å². The van der Waals surface area contributed by atoms with Crippen molar-refractivity contribution in [3.05, 3.63) is 42.4 Å². The standard InChI is InChI=1S/C17H23N5O/c1-13(14-7-11-21(2)12-14)19-17(23)20-15-6-5-8-18-16(15)22-9-3-4-10-22/h5-8,11-13H,3-4,9-10H2,1-2H3,(H2,19,20,23)/t13-/m0/s1. The Morgan fingerprint density at radius 3 is 2.78 bits per heavy atom. The SMILES string of the molecule is C[C@H](NC(=O)Nc1cccnc1N1CCCC1)c1ccn(C)c1. The molecule has 23 heavy (non-hydrogen) atoms. The molecule has 1 fully saturated rings. The van der Waals surface area contributed by atoms with Gasteiger partial charge in [0.1, 0.15) is 0 Å². The Balaban J connectivity index is 1.66. The van der Waals surface area contributed by atoms with Crippen molar-refractivity contribution in [2.75, 3.05) is 23.3 Å². The average Bonchev–Trinajstić information content (AvgIpc) is 3.19. The highest BCUT2D eigenvalue weighted by atomic mass is 16.2. The lowest BCUT2D eigenvalue weighted by Crippen LogP contribution is -2.32. The molecule has 2 aromatic rings. The summed E-state index contributed by atoms with van der Waals surface area (Å²) < 4.78 is 1.97. The number of carbonyl (C=O) groups is 1. The molecule has 3 rings (SSSR count). The van der Waals surface area contributed by atoms with E-state index >= 15 is 0 Å². The van der Waals surface area contributed by atoms with Gasteiger partial charge in [-0.3, -0.25) is 0 Å². The van der Waals surface area contributed by atoms with Crippen LogP contribution < -0.4 is 15.5 Å². The van der Waals surface area contributed by atoms with Crippen LogP contribution in [0.15, 0.2) is 36.8 Å². The van der Waals surface area contributed by atoms with Crippen molar-refractivity contribution in [1.29, 1.82) is 0 Å². The molecule has 1 aliphatic rings. The summed E-state index contributed by atoms with van der Waals surface area (Å²) in [6.45, 7) is 3.96. The second-order valence-corrected chi connectivity index (χ2v) is 6.00. The lowest BCUT2D eigenvalue weighted by molar-refractivity contribution is 0.249. The highest BCUT2D eigenvalue weighted by Crippen LogP contribution is 2.26. The molecule has 0 spiro atoms. The number of amides is 2. The number of carbonyl (C=O) groups excluding carboxylic acids is 1. The summed E-state index contributed by atoms with van der Waals surface area (Å²) in [6, 6.07) is 5.48. The smallest absolute Gasteiger partial charge is 0.319 e. The molecule has 6 nitrogen and oxygen atoms in total. The molecular formula is C17H23N5O. The fourth-order valence-corrected chi connectivity index (χ4v) is 2.89. The molecule has 6 heteroatoms. The van der Waals surface area contributed by atoms with Crippen LogP contribution in [0.2, 0.25) is 0 Å². The first kappa shape index (κ1) is 15.4. The summed E-state index contributed by atoms with van der Waals surface area (Å²) in [5.41, 5.74) is 1.83. The Hall–Kier alpha value is -2.50. The van der Waals surface area contributed by atoms with E-state index < -0.39 is 0 Å².